The number of H-pyrrole nitrogens is 1. The lowest BCUT2D eigenvalue weighted by Gasteiger charge is -2.03. The van der Waals surface area contributed by atoms with E-state index in [-0.39, 0.29) is 17.0 Å². The highest BCUT2D eigenvalue weighted by atomic mass is 35.5. The van der Waals surface area contributed by atoms with Crippen LogP contribution in [0.4, 0.5) is 5.69 Å². The molecule has 0 aliphatic carbocycles. The zero-order chi connectivity index (χ0) is 15.0. The summed E-state index contributed by atoms with van der Waals surface area (Å²) in [5.74, 6) is 0.0792. The molecule has 2 N–H and O–H groups in total. The minimum atomic E-state index is -0.359. The molecule has 0 aliphatic heterocycles. The van der Waals surface area contributed by atoms with Gasteiger partial charge in [0, 0.05) is 10.7 Å². The molecule has 3 rings (SSSR count). The number of aryl methyl sites for hydroxylation is 1. The third-order valence-electron chi connectivity index (χ3n) is 2.76. The summed E-state index contributed by atoms with van der Waals surface area (Å²) in [6.07, 6.45) is 0. The van der Waals surface area contributed by atoms with E-state index in [2.05, 4.69) is 19.7 Å². The van der Waals surface area contributed by atoms with Crippen molar-refractivity contribution < 1.29 is 4.79 Å². The molecule has 106 valence electrons. The number of benzene rings is 1. The minimum absolute atomic E-state index is 0.173. The Morgan fingerprint density at radius 1 is 1.29 bits per heavy atom. The molecule has 6 nitrogen and oxygen atoms in total. The van der Waals surface area contributed by atoms with Crippen LogP contribution < -0.4 is 10.9 Å². The van der Waals surface area contributed by atoms with Crippen molar-refractivity contribution in [1.29, 1.82) is 0 Å². The van der Waals surface area contributed by atoms with Gasteiger partial charge < -0.3 is 10.3 Å². The number of carbonyl (C=O) groups excluding carboxylic acids is 1. The number of nitrogens with one attached hydrogen (secondary N) is 2. The summed E-state index contributed by atoms with van der Waals surface area (Å²) in [7, 11) is 0. The van der Waals surface area contributed by atoms with Gasteiger partial charge in [-0.1, -0.05) is 11.6 Å². The van der Waals surface area contributed by atoms with Gasteiger partial charge in [0.15, 0.2) is 5.52 Å². The van der Waals surface area contributed by atoms with Crippen molar-refractivity contribution in [3.8, 4) is 0 Å². The first-order chi connectivity index (χ1) is 10.0. The Morgan fingerprint density at radius 3 is 2.71 bits per heavy atom. The molecular weight excluding hydrogens is 312 g/mol. The minimum Gasteiger partial charge on any atom is -0.321 e. The van der Waals surface area contributed by atoms with Gasteiger partial charge >= 0.3 is 0 Å². The van der Waals surface area contributed by atoms with E-state index < -0.39 is 0 Å². The zero-order valence-corrected chi connectivity index (χ0v) is 12.4. The number of amides is 1. The number of aromatic nitrogens is 3. The van der Waals surface area contributed by atoms with Gasteiger partial charge in [0.05, 0.1) is 0 Å². The molecular formula is C13H9ClN4O2S. The maximum Gasteiger partial charge on any atom is 0.278 e. The molecule has 0 spiro atoms. The van der Waals surface area contributed by atoms with Gasteiger partial charge in [0.2, 0.25) is 0 Å². The van der Waals surface area contributed by atoms with Crippen LogP contribution in [0, 0.1) is 6.92 Å². The number of aromatic amines is 1. The fourth-order valence-corrected chi connectivity index (χ4v) is 2.67. The molecule has 0 saturated heterocycles. The summed E-state index contributed by atoms with van der Waals surface area (Å²) in [5, 5.41) is 3.31. The molecule has 1 amide bonds. The average molecular weight is 321 g/mol. The van der Waals surface area contributed by atoms with Crippen molar-refractivity contribution >= 4 is 45.8 Å². The van der Waals surface area contributed by atoms with Gasteiger partial charge in [-0.3, -0.25) is 9.59 Å². The molecule has 3 aromatic rings. The lowest BCUT2D eigenvalue weighted by molar-refractivity contribution is 0.103. The largest absolute Gasteiger partial charge is 0.321 e. The third kappa shape index (κ3) is 2.65. The molecule has 1 aromatic carbocycles. The highest BCUT2D eigenvalue weighted by molar-refractivity contribution is 7.09. The number of halogens is 1. The second kappa shape index (κ2) is 5.27. The summed E-state index contributed by atoms with van der Waals surface area (Å²) >= 11 is 6.74. The Hall–Kier alpha value is -2.25. The van der Waals surface area contributed by atoms with Crippen LogP contribution in [0.5, 0.6) is 0 Å². The van der Waals surface area contributed by atoms with Crippen molar-refractivity contribution in [2.75, 3.05) is 5.32 Å². The van der Waals surface area contributed by atoms with Gasteiger partial charge in [0.25, 0.3) is 11.5 Å². The predicted octanol–water partition coefficient (Wildman–Crippen LogP) is 2.59. The Balaban J connectivity index is 1.98. The molecule has 0 atom stereocenters. The van der Waals surface area contributed by atoms with Crippen LogP contribution in [0.25, 0.3) is 11.0 Å². The van der Waals surface area contributed by atoms with Crippen LogP contribution in [0.2, 0.25) is 5.02 Å². The summed E-state index contributed by atoms with van der Waals surface area (Å²) < 4.78 is 3.99. The van der Waals surface area contributed by atoms with Crippen LogP contribution >= 0.6 is 23.1 Å². The quantitative estimate of drug-likeness (QED) is 0.759. The normalized spacial score (nSPS) is 10.8. The second-order valence-corrected chi connectivity index (χ2v) is 5.53. The van der Waals surface area contributed by atoms with Crippen LogP contribution in [0.1, 0.15) is 15.5 Å². The molecule has 21 heavy (non-hydrogen) atoms. The highest BCUT2D eigenvalue weighted by Crippen LogP contribution is 2.20. The standard InChI is InChI=1S/C13H9ClN4O2S/c1-6-15-9-10(12(19)16-6)18-21-11(9)13(20)17-8-4-2-7(14)3-5-8/h2-5H,1H3,(H,17,20)(H,15,16,19). The van der Waals surface area contributed by atoms with E-state index in [1.807, 2.05) is 0 Å². The number of fused-ring (bicyclic) bond motifs is 1. The first-order valence-electron chi connectivity index (χ1n) is 5.98. The lowest BCUT2D eigenvalue weighted by atomic mass is 10.3. The van der Waals surface area contributed by atoms with Crippen LogP contribution in [-0.4, -0.2) is 20.2 Å². The zero-order valence-electron chi connectivity index (χ0n) is 10.8. The summed E-state index contributed by atoms with van der Waals surface area (Å²) in [6.45, 7) is 1.65. The summed E-state index contributed by atoms with van der Waals surface area (Å²) in [4.78, 5) is 31.0. The first kappa shape index (κ1) is 13.7. The number of carbonyl (C=O) groups is 1. The monoisotopic (exact) mass is 320 g/mol. The molecule has 0 aliphatic rings. The topological polar surface area (TPSA) is 87.7 Å². The predicted molar refractivity (Wildman–Crippen MR) is 82.2 cm³/mol. The van der Waals surface area contributed by atoms with E-state index in [0.29, 0.717) is 26.9 Å². The van der Waals surface area contributed by atoms with E-state index in [4.69, 9.17) is 11.6 Å². The van der Waals surface area contributed by atoms with Gasteiger partial charge in [-0.25, -0.2) is 4.98 Å². The van der Waals surface area contributed by atoms with E-state index >= 15 is 0 Å². The first-order valence-corrected chi connectivity index (χ1v) is 7.13. The van der Waals surface area contributed by atoms with Crippen molar-refractivity contribution in [2.45, 2.75) is 6.92 Å². The second-order valence-electron chi connectivity index (χ2n) is 4.32. The maximum absolute atomic E-state index is 12.3. The molecule has 0 fully saturated rings. The fraction of sp³-hybridized carbons (Fsp3) is 0.0769. The Kier molecular flexibility index (Phi) is 3.44. The number of anilines is 1. The molecule has 0 unspecified atom stereocenters. The van der Waals surface area contributed by atoms with E-state index in [0.717, 1.165) is 11.5 Å². The molecule has 8 heteroatoms. The fourth-order valence-electron chi connectivity index (χ4n) is 1.83. The van der Waals surface area contributed by atoms with Gasteiger partial charge in [-0.05, 0) is 42.7 Å². The molecule has 0 saturated carbocycles. The number of nitrogens with zero attached hydrogens (tertiary/aromatic N) is 2. The van der Waals surface area contributed by atoms with Crippen LogP contribution in [0.15, 0.2) is 29.1 Å². The SMILES string of the molecule is Cc1nc2c(C(=O)Nc3ccc(Cl)cc3)snc2c(=O)[nH]1. The maximum atomic E-state index is 12.3. The van der Waals surface area contributed by atoms with E-state index in [9.17, 15) is 9.59 Å². The Morgan fingerprint density at radius 2 is 2.00 bits per heavy atom. The number of hydrogen-bond acceptors (Lipinski definition) is 5. The van der Waals surface area contributed by atoms with Crippen LogP contribution in [-0.2, 0) is 0 Å². The molecule has 2 aromatic heterocycles. The summed E-state index contributed by atoms with van der Waals surface area (Å²) in [6, 6.07) is 6.73. The van der Waals surface area contributed by atoms with Crippen molar-refractivity contribution in [2.24, 2.45) is 0 Å². The highest BCUT2D eigenvalue weighted by Gasteiger charge is 2.18. The smallest absolute Gasteiger partial charge is 0.278 e. The number of hydrogen-bond donors (Lipinski definition) is 2. The number of rotatable bonds is 2. The Labute approximate surface area is 128 Å². The molecule has 0 bridgehead atoms. The Bertz CT molecular complexity index is 885. The lowest BCUT2D eigenvalue weighted by Crippen LogP contribution is -2.13. The summed E-state index contributed by atoms with van der Waals surface area (Å²) in [5.41, 5.74) is 0.742. The molecule has 0 radical (unpaired) electrons. The van der Waals surface area contributed by atoms with Crippen molar-refractivity contribution in [3.05, 3.63) is 50.3 Å². The van der Waals surface area contributed by atoms with Gasteiger partial charge in [0.1, 0.15) is 16.2 Å². The van der Waals surface area contributed by atoms with Crippen molar-refractivity contribution in [1.82, 2.24) is 14.3 Å². The van der Waals surface area contributed by atoms with Crippen LogP contribution in [0.3, 0.4) is 0 Å². The average Bonchev–Trinajstić information content (AvgIpc) is 2.85. The molecule has 2 heterocycles. The van der Waals surface area contributed by atoms with E-state index in [1.165, 1.54) is 0 Å². The third-order valence-corrected chi connectivity index (χ3v) is 3.85. The van der Waals surface area contributed by atoms with Gasteiger partial charge in [-0.2, -0.15) is 4.37 Å². The van der Waals surface area contributed by atoms with E-state index in [1.54, 1.807) is 31.2 Å². The van der Waals surface area contributed by atoms with Gasteiger partial charge in [-0.15, -0.1) is 0 Å². The van der Waals surface area contributed by atoms with Crippen molar-refractivity contribution in [3.63, 3.8) is 0 Å².